The molecule has 0 unspecified atom stereocenters. The molecule has 2 aliphatic rings. The number of aryl methyl sites for hydroxylation is 1. The maximum atomic E-state index is 9.82. The van der Waals surface area contributed by atoms with Gasteiger partial charge in [0.15, 0.2) is 0 Å². The van der Waals surface area contributed by atoms with Crippen LogP contribution in [0.3, 0.4) is 0 Å². The van der Waals surface area contributed by atoms with Crippen molar-refractivity contribution < 1.29 is 0 Å². The first kappa shape index (κ1) is 27.0. The van der Waals surface area contributed by atoms with Crippen LogP contribution in [0.15, 0.2) is 127 Å². The van der Waals surface area contributed by atoms with Gasteiger partial charge in [0.1, 0.15) is 6.07 Å². The van der Waals surface area contributed by atoms with Gasteiger partial charge < -0.3 is 10.6 Å². The molecule has 6 aromatic carbocycles. The van der Waals surface area contributed by atoms with E-state index in [0.717, 1.165) is 40.8 Å². The number of nitriles is 1. The molecule has 0 amide bonds. The van der Waals surface area contributed by atoms with Crippen LogP contribution in [-0.4, -0.2) is 0 Å². The Morgan fingerprint density at radius 2 is 1.13 bits per heavy atom. The highest BCUT2D eigenvalue weighted by molar-refractivity contribution is 5.96. The van der Waals surface area contributed by atoms with Crippen molar-refractivity contribution in [3.8, 4) is 39.4 Å². The van der Waals surface area contributed by atoms with Gasteiger partial charge >= 0.3 is 0 Å². The molecule has 0 fully saturated rings. The van der Waals surface area contributed by atoms with Crippen LogP contribution in [0.25, 0.3) is 33.4 Å². The molecule has 0 spiro atoms. The van der Waals surface area contributed by atoms with E-state index in [1.54, 1.807) is 0 Å². The third kappa shape index (κ3) is 4.10. The summed E-state index contributed by atoms with van der Waals surface area (Å²) in [7, 11) is 0. The third-order valence-corrected chi connectivity index (χ3v) is 9.83. The molecule has 216 valence electrons. The SMILES string of the molecule is CC1(C)c2ccccc2N(c2ccc3c(c2)-c2ccccc2-c2ccccc2-c2ccc(C#N)c(N)c2CC3)c2ccccc21. The Balaban J connectivity index is 1.39. The van der Waals surface area contributed by atoms with Crippen LogP contribution in [0.4, 0.5) is 22.7 Å². The number of benzene rings is 6. The second kappa shape index (κ2) is 10.3. The van der Waals surface area contributed by atoms with Crippen molar-refractivity contribution in [3.63, 3.8) is 0 Å². The summed E-state index contributed by atoms with van der Waals surface area (Å²) in [5, 5.41) is 9.82. The van der Waals surface area contributed by atoms with Crippen molar-refractivity contribution in [3.05, 3.63) is 155 Å². The van der Waals surface area contributed by atoms with Crippen molar-refractivity contribution in [2.75, 3.05) is 10.6 Å². The Labute approximate surface area is 264 Å². The number of anilines is 4. The Hall–Kier alpha value is -5.59. The fourth-order valence-corrected chi connectivity index (χ4v) is 7.57. The van der Waals surface area contributed by atoms with E-state index in [0.29, 0.717) is 11.3 Å². The van der Waals surface area contributed by atoms with E-state index in [2.05, 4.69) is 146 Å². The van der Waals surface area contributed by atoms with E-state index < -0.39 is 0 Å². The molecule has 1 aliphatic heterocycles. The van der Waals surface area contributed by atoms with Crippen LogP contribution < -0.4 is 10.6 Å². The summed E-state index contributed by atoms with van der Waals surface area (Å²) in [5.74, 6) is 0. The predicted octanol–water partition coefficient (Wildman–Crippen LogP) is 10.3. The highest BCUT2D eigenvalue weighted by Crippen LogP contribution is 2.52. The maximum absolute atomic E-state index is 9.82. The number of nitrogen functional groups attached to an aromatic ring is 1. The molecule has 45 heavy (non-hydrogen) atoms. The first-order valence-electron chi connectivity index (χ1n) is 15.6. The van der Waals surface area contributed by atoms with Crippen molar-refractivity contribution in [1.29, 1.82) is 5.26 Å². The summed E-state index contributed by atoms with van der Waals surface area (Å²) < 4.78 is 0. The van der Waals surface area contributed by atoms with E-state index in [1.165, 1.54) is 44.8 Å². The van der Waals surface area contributed by atoms with Gasteiger partial charge in [0.2, 0.25) is 0 Å². The molecule has 0 saturated carbocycles. The van der Waals surface area contributed by atoms with Gasteiger partial charge in [-0.15, -0.1) is 0 Å². The number of nitrogens with zero attached hydrogens (tertiary/aromatic N) is 2. The average Bonchev–Trinajstić information content (AvgIpc) is 3.08. The number of hydrogen-bond donors (Lipinski definition) is 1. The van der Waals surface area contributed by atoms with Crippen LogP contribution in [0.5, 0.6) is 0 Å². The van der Waals surface area contributed by atoms with Crippen LogP contribution in [0, 0.1) is 11.3 Å². The minimum absolute atomic E-state index is 0.116. The molecular weight excluding hydrogens is 546 g/mol. The molecule has 0 radical (unpaired) electrons. The highest BCUT2D eigenvalue weighted by Gasteiger charge is 2.36. The van der Waals surface area contributed by atoms with Crippen molar-refractivity contribution in [2.24, 2.45) is 0 Å². The summed E-state index contributed by atoms with van der Waals surface area (Å²) >= 11 is 0. The van der Waals surface area contributed by atoms with Gasteiger partial charge in [-0.1, -0.05) is 111 Å². The van der Waals surface area contributed by atoms with Gasteiger partial charge in [-0.05, 0) is 98.8 Å². The molecule has 3 nitrogen and oxygen atoms in total. The standard InChI is InChI=1S/C42H33N3/c1-42(2)37-15-7-9-17-39(37)45(40-18-10-8-16-38(40)42)29-22-19-27-20-24-35-34(23-21-28(26-43)41(35)44)32-13-4-3-11-30(32)31-12-5-6-14-33(31)36(27)25-29/h3-19,21-23,25H,20,24,44H2,1-2H3. The largest absolute Gasteiger partial charge is 0.397 e. The minimum atomic E-state index is -0.116. The van der Waals surface area contributed by atoms with Gasteiger partial charge in [-0.25, -0.2) is 0 Å². The summed E-state index contributed by atoms with van der Waals surface area (Å²) in [6.45, 7) is 4.65. The second-order valence-corrected chi connectivity index (χ2v) is 12.6. The quantitative estimate of drug-likeness (QED) is 0.197. The van der Waals surface area contributed by atoms with Gasteiger partial charge in [-0.2, -0.15) is 5.26 Å². The Morgan fingerprint density at radius 3 is 1.73 bits per heavy atom. The van der Waals surface area contributed by atoms with Crippen molar-refractivity contribution >= 4 is 22.7 Å². The topological polar surface area (TPSA) is 53.0 Å². The Kier molecular flexibility index (Phi) is 6.15. The minimum Gasteiger partial charge on any atom is -0.397 e. The zero-order valence-corrected chi connectivity index (χ0v) is 25.5. The zero-order valence-electron chi connectivity index (χ0n) is 25.5. The number of nitrogens with two attached hydrogens (primary N) is 1. The summed E-state index contributed by atoms with van der Waals surface area (Å²) in [6.07, 6.45) is 1.54. The third-order valence-electron chi connectivity index (χ3n) is 9.83. The van der Waals surface area contributed by atoms with E-state index in [1.807, 2.05) is 6.07 Å². The van der Waals surface area contributed by atoms with Gasteiger partial charge in [-0.3, -0.25) is 0 Å². The van der Waals surface area contributed by atoms with E-state index in [9.17, 15) is 5.26 Å². The lowest BCUT2D eigenvalue weighted by atomic mass is 9.73. The second-order valence-electron chi connectivity index (χ2n) is 12.6. The molecule has 1 heterocycles. The molecule has 6 aromatic rings. The monoisotopic (exact) mass is 579 g/mol. The van der Waals surface area contributed by atoms with Crippen LogP contribution in [0.1, 0.15) is 41.7 Å². The van der Waals surface area contributed by atoms with Gasteiger partial charge in [0, 0.05) is 11.1 Å². The lowest BCUT2D eigenvalue weighted by molar-refractivity contribution is 0.632. The van der Waals surface area contributed by atoms with E-state index >= 15 is 0 Å². The highest BCUT2D eigenvalue weighted by atomic mass is 15.2. The Bertz CT molecular complexity index is 2130. The normalized spacial score (nSPS) is 14.0. The summed E-state index contributed by atoms with van der Waals surface area (Å²) in [4.78, 5) is 2.43. The molecule has 8 rings (SSSR count). The van der Waals surface area contributed by atoms with E-state index in [-0.39, 0.29) is 5.41 Å². The molecule has 0 aromatic heterocycles. The van der Waals surface area contributed by atoms with Crippen molar-refractivity contribution in [1.82, 2.24) is 0 Å². The van der Waals surface area contributed by atoms with Crippen molar-refractivity contribution in [2.45, 2.75) is 32.1 Å². The number of hydrogen-bond acceptors (Lipinski definition) is 3. The van der Waals surface area contributed by atoms with E-state index in [4.69, 9.17) is 5.73 Å². The number of para-hydroxylation sites is 2. The first-order chi connectivity index (χ1) is 22.0. The Morgan fingerprint density at radius 1 is 0.600 bits per heavy atom. The molecule has 2 N–H and O–H groups in total. The zero-order chi connectivity index (χ0) is 30.7. The average molecular weight is 580 g/mol. The smallest absolute Gasteiger partial charge is 0.101 e. The molecule has 0 bridgehead atoms. The molecule has 0 saturated heterocycles. The fraction of sp³-hybridized carbons (Fsp3) is 0.119. The van der Waals surface area contributed by atoms with Gasteiger partial charge in [0.25, 0.3) is 0 Å². The predicted molar refractivity (Wildman–Crippen MR) is 186 cm³/mol. The van der Waals surface area contributed by atoms with Crippen LogP contribution in [0.2, 0.25) is 0 Å². The number of rotatable bonds is 1. The lowest BCUT2D eigenvalue weighted by Crippen LogP contribution is -2.30. The van der Waals surface area contributed by atoms with Crippen LogP contribution in [-0.2, 0) is 18.3 Å². The first-order valence-corrected chi connectivity index (χ1v) is 15.6. The van der Waals surface area contributed by atoms with Crippen LogP contribution >= 0.6 is 0 Å². The number of fused-ring (bicyclic) bond motifs is 9. The molecule has 3 heteroatoms. The maximum Gasteiger partial charge on any atom is 0.101 e. The molecular formula is C42H33N3. The fourth-order valence-electron chi connectivity index (χ4n) is 7.57. The molecule has 0 atom stereocenters. The van der Waals surface area contributed by atoms with Gasteiger partial charge in [0.05, 0.1) is 22.6 Å². The molecule has 1 aliphatic carbocycles. The summed E-state index contributed by atoms with van der Waals surface area (Å²) in [6, 6.07) is 48.1. The lowest BCUT2D eigenvalue weighted by Gasteiger charge is -2.42. The summed E-state index contributed by atoms with van der Waals surface area (Å²) in [5.41, 5.74) is 23.2.